The Labute approximate surface area is 102 Å². The van der Waals surface area contributed by atoms with Gasteiger partial charge in [0, 0.05) is 37.4 Å². The van der Waals surface area contributed by atoms with Gasteiger partial charge in [0.1, 0.15) is 0 Å². The van der Waals surface area contributed by atoms with E-state index in [1.807, 2.05) is 23.1 Å². The van der Waals surface area contributed by atoms with Gasteiger partial charge in [-0.2, -0.15) is 0 Å². The predicted octanol–water partition coefficient (Wildman–Crippen LogP) is 0.820. The fraction of sp³-hybridized carbons (Fsp3) is 0.538. The minimum absolute atomic E-state index is 0.133. The van der Waals surface area contributed by atoms with Crippen molar-refractivity contribution in [1.29, 1.82) is 0 Å². The predicted molar refractivity (Wildman–Crippen MR) is 66.3 cm³/mol. The molecule has 1 aromatic rings. The average Bonchev–Trinajstić information content (AvgIpc) is 2.68. The lowest BCUT2D eigenvalue weighted by atomic mass is 10.1. The van der Waals surface area contributed by atoms with Crippen molar-refractivity contribution in [2.24, 2.45) is 11.7 Å². The molecule has 0 bridgehead atoms. The van der Waals surface area contributed by atoms with Gasteiger partial charge in [-0.15, -0.1) is 0 Å². The van der Waals surface area contributed by atoms with Crippen LogP contribution in [0.4, 0.5) is 0 Å². The van der Waals surface area contributed by atoms with Gasteiger partial charge in [-0.1, -0.05) is 13.0 Å². The highest BCUT2D eigenvalue weighted by Gasteiger charge is 2.29. The first kappa shape index (κ1) is 12.0. The van der Waals surface area contributed by atoms with Gasteiger partial charge >= 0.3 is 0 Å². The molecule has 0 aliphatic carbocycles. The largest absolute Gasteiger partial charge is 0.341 e. The van der Waals surface area contributed by atoms with Crippen LogP contribution in [0, 0.1) is 5.92 Å². The molecule has 2 unspecified atom stereocenters. The Kier molecular flexibility index (Phi) is 3.74. The second kappa shape index (κ2) is 5.27. The second-order valence-electron chi connectivity index (χ2n) is 4.76. The summed E-state index contributed by atoms with van der Waals surface area (Å²) >= 11 is 0. The lowest BCUT2D eigenvalue weighted by Crippen LogP contribution is -2.32. The van der Waals surface area contributed by atoms with Crippen LogP contribution in [0.15, 0.2) is 24.4 Å². The number of hydrogen-bond acceptors (Lipinski definition) is 3. The van der Waals surface area contributed by atoms with Gasteiger partial charge in [-0.05, 0) is 24.5 Å². The van der Waals surface area contributed by atoms with Crippen LogP contribution >= 0.6 is 0 Å². The SMILES string of the molecule is CC1CN(C(=O)CCc2ccccn2)CC1N. The van der Waals surface area contributed by atoms with Crippen LogP contribution in [-0.2, 0) is 11.2 Å². The fourth-order valence-electron chi connectivity index (χ4n) is 2.13. The molecule has 0 aromatic carbocycles. The van der Waals surface area contributed by atoms with Crippen LogP contribution in [0.25, 0.3) is 0 Å². The topological polar surface area (TPSA) is 59.2 Å². The molecule has 2 atom stereocenters. The monoisotopic (exact) mass is 233 g/mol. The van der Waals surface area contributed by atoms with Crippen molar-refractivity contribution < 1.29 is 4.79 Å². The van der Waals surface area contributed by atoms with E-state index in [1.165, 1.54) is 0 Å². The van der Waals surface area contributed by atoms with Crippen molar-refractivity contribution in [2.45, 2.75) is 25.8 Å². The second-order valence-corrected chi connectivity index (χ2v) is 4.76. The molecule has 0 spiro atoms. The zero-order valence-electron chi connectivity index (χ0n) is 10.2. The van der Waals surface area contributed by atoms with E-state index in [0.29, 0.717) is 25.3 Å². The Bertz CT molecular complexity index is 370. The summed E-state index contributed by atoms with van der Waals surface area (Å²) in [6.07, 6.45) is 2.99. The first-order valence-electron chi connectivity index (χ1n) is 6.10. The number of nitrogens with zero attached hydrogens (tertiary/aromatic N) is 2. The van der Waals surface area contributed by atoms with E-state index >= 15 is 0 Å². The minimum atomic E-state index is 0.133. The van der Waals surface area contributed by atoms with Crippen molar-refractivity contribution >= 4 is 5.91 Å². The lowest BCUT2D eigenvalue weighted by molar-refractivity contribution is -0.130. The smallest absolute Gasteiger partial charge is 0.223 e. The summed E-state index contributed by atoms with van der Waals surface area (Å²) < 4.78 is 0. The van der Waals surface area contributed by atoms with Gasteiger partial charge in [0.2, 0.25) is 5.91 Å². The highest BCUT2D eigenvalue weighted by molar-refractivity contribution is 5.76. The molecule has 1 aliphatic rings. The number of carbonyl (C=O) groups excluding carboxylic acids is 1. The number of carbonyl (C=O) groups is 1. The Morgan fingerprint density at radius 3 is 2.94 bits per heavy atom. The molecule has 0 saturated carbocycles. The molecule has 4 heteroatoms. The molecule has 92 valence electrons. The maximum Gasteiger partial charge on any atom is 0.223 e. The van der Waals surface area contributed by atoms with Crippen molar-refractivity contribution in [3.05, 3.63) is 30.1 Å². The Morgan fingerprint density at radius 2 is 2.35 bits per heavy atom. The third kappa shape index (κ3) is 3.03. The Hall–Kier alpha value is -1.42. The van der Waals surface area contributed by atoms with Gasteiger partial charge in [0.25, 0.3) is 0 Å². The summed E-state index contributed by atoms with van der Waals surface area (Å²) in [5.41, 5.74) is 6.88. The molecule has 1 amide bonds. The Morgan fingerprint density at radius 1 is 1.53 bits per heavy atom. The van der Waals surface area contributed by atoms with Crippen molar-refractivity contribution in [2.75, 3.05) is 13.1 Å². The number of pyridine rings is 1. The molecule has 1 aromatic heterocycles. The molecule has 2 heterocycles. The van der Waals surface area contributed by atoms with Gasteiger partial charge in [0.15, 0.2) is 0 Å². The number of rotatable bonds is 3. The number of aryl methyl sites for hydroxylation is 1. The van der Waals surface area contributed by atoms with Crippen LogP contribution in [0.2, 0.25) is 0 Å². The maximum absolute atomic E-state index is 12.0. The first-order valence-corrected chi connectivity index (χ1v) is 6.10. The summed E-state index contributed by atoms with van der Waals surface area (Å²) in [6.45, 7) is 3.58. The standard InChI is InChI=1S/C13H19N3O/c1-10-8-16(9-12(10)14)13(17)6-5-11-4-2-3-7-15-11/h2-4,7,10,12H,5-6,8-9,14H2,1H3. The van der Waals surface area contributed by atoms with E-state index < -0.39 is 0 Å². The highest BCUT2D eigenvalue weighted by atomic mass is 16.2. The quantitative estimate of drug-likeness (QED) is 0.841. The van der Waals surface area contributed by atoms with E-state index in [2.05, 4.69) is 11.9 Å². The van der Waals surface area contributed by atoms with E-state index in [0.717, 1.165) is 12.2 Å². The minimum Gasteiger partial charge on any atom is -0.341 e. The molecule has 4 nitrogen and oxygen atoms in total. The van der Waals surface area contributed by atoms with E-state index in [-0.39, 0.29) is 11.9 Å². The number of likely N-dealkylation sites (tertiary alicyclic amines) is 1. The van der Waals surface area contributed by atoms with Crippen LogP contribution < -0.4 is 5.73 Å². The van der Waals surface area contributed by atoms with Gasteiger partial charge in [-0.25, -0.2) is 0 Å². The first-order chi connectivity index (χ1) is 8.16. The van der Waals surface area contributed by atoms with Crippen molar-refractivity contribution in [3.63, 3.8) is 0 Å². The molecule has 1 fully saturated rings. The fourth-order valence-corrected chi connectivity index (χ4v) is 2.13. The zero-order valence-corrected chi connectivity index (χ0v) is 10.2. The summed E-state index contributed by atoms with van der Waals surface area (Å²) in [5.74, 6) is 0.601. The number of nitrogens with two attached hydrogens (primary N) is 1. The molecule has 0 radical (unpaired) electrons. The molecule has 2 rings (SSSR count). The molecule has 1 aliphatic heterocycles. The Balaban J connectivity index is 1.82. The molecule has 2 N–H and O–H groups in total. The average molecular weight is 233 g/mol. The third-order valence-corrected chi connectivity index (χ3v) is 3.34. The van der Waals surface area contributed by atoms with E-state index in [4.69, 9.17) is 5.73 Å². The van der Waals surface area contributed by atoms with Crippen LogP contribution in [0.1, 0.15) is 19.0 Å². The van der Waals surface area contributed by atoms with Gasteiger partial charge in [-0.3, -0.25) is 9.78 Å². The molecular formula is C13H19N3O. The zero-order chi connectivity index (χ0) is 12.3. The molecule has 17 heavy (non-hydrogen) atoms. The summed E-state index contributed by atoms with van der Waals surface area (Å²) in [7, 11) is 0. The maximum atomic E-state index is 12.0. The van der Waals surface area contributed by atoms with E-state index in [1.54, 1.807) is 6.20 Å². The van der Waals surface area contributed by atoms with E-state index in [9.17, 15) is 4.79 Å². The lowest BCUT2D eigenvalue weighted by Gasteiger charge is -2.15. The summed E-state index contributed by atoms with van der Waals surface area (Å²) in [6, 6.07) is 5.91. The molecular weight excluding hydrogens is 214 g/mol. The van der Waals surface area contributed by atoms with Crippen molar-refractivity contribution in [1.82, 2.24) is 9.88 Å². The van der Waals surface area contributed by atoms with Gasteiger partial charge in [0.05, 0.1) is 0 Å². The van der Waals surface area contributed by atoms with Crippen LogP contribution in [0.5, 0.6) is 0 Å². The summed E-state index contributed by atoms with van der Waals surface area (Å²) in [5, 5.41) is 0. The third-order valence-electron chi connectivity index (χ3n) is 3.34. The summed E-state index contributed by atoms with van der Waals surface area (Å²) in [4.78, 5) is 18.0. The van der Waals surface area contributed by atoms with Gasteiger partial charge < -0.3 is 10.6 Å². The highest BCUT2D eigenvalue weighted by Crippen LogP contribution is 2.15. The number of aromatic nitrogens is 1. The van der Waals surface area contributed by atoms with Crippen LogP contribution in [0.3, 0.4) is 0 Å². The van der Waals surface area contributed by atoms with Crippen LogP contribution in [-0.4, -0.2) is 34.9 Å². The van der Waals surface area contributed by atoms with Crippen molar-refractivity contribution in [3.8, 4) is 0 Å². The normalized spacial score (nSPS) is 24.0. The number of hydrogen-bond donors (Lipinski definition) is 1. The number of amides is 1. The molecule has 1 saturated heterocycles.